The second kappa shape index (κ2) is 6.91. The molecule has 0 radical (unpaired) electrons. The number of amides is 1. The fourth-order valence-electron chi connectivity index (χ4n) is 2.14. The average Bonchev–Trinajstić information content (AvgIpc) is 2.96. The van der Waals surface area contributed by atoms with E-state index in [2.05, 4.69) is 5.32 Å². The zero-order valence-corrected chi connectivity index (χ0v) is 11.5. The molecule has 4 nitrogen and oxygen atoms in total. The Morgan fingerprint density at radius 3 is 2.70 bits per heavy atom. The van der Waals surface area contributed by atoms with Gasteiger partial charge in [0.05, 0.1) is 24.5 Å². The molecule has 0 aliphatic heterocycles. The van der Waals surface area contributed by atoms with Crippen LogP contribution in [0.1, 0.15) is 28.6 Å². The third-order valence-electron chi connectivity index (χ3n) is 3.19. The monoisotopic (exact) mass is 273 g/mol. The Morgan fingerprint density at radius 2 is 2.05 bits per heavy atom. The van der Waals surface area contributed by atoms with Crippen molar-refractivity contribution in [3.8, 4) is 0 Å². The van der Waals surface area contributed by atoms with Crippen LogP contribution in [0.5, 0.6) is 0 Å². The number of carbonyl (C=O) groups is 1. The van der Waals surface area contributed by atoms with Gasteiger partial charge < -0.3 is 14.8 Å². The van der Waals surface area contributed by atoms with Crippen molar-refractivity contribution in [1.29, 1.82) is 0 Å². The highest BCUT2D eigenvalue weighted by atomic mass is 16.3. The zero-order valence-electron chi connectivity index (χ0n) is 11.5. The van der Waals surface area contributed by atoms with Crippen LogP contribution in [0.3, 0.4) is 0 Å². The Labute approximate surface area is 118 Å². The number of rotatable bonds is 6. The standard InChI is InChI=1S/C16H19NO3/c1-2-15-14(8-9-20-15)16(19)17-13(11-18)10-12-6-4-3-5-7-12/h3-9,13,18H,2,10-11H2,1H3,(H,17,19)/t13-/m0/s1. The molecule has 0 spiro atoms. The van der Waals surface area contributed by atoms with Crippen molar-refractivity contribution in [1.82, 2.24) is 5.32 Å². The van der Waals surface area contributed by atoms with Crippen molar-refractivity contribution >= 4 is 5.91 Å². The molecule has 0 saturated heterocycles. The highest BCUT2D eigenvalue weighted by Crippen LogP contribution is 2.12. The van der Waals surface area contributed by atoms with Crippen molar-refractivity contribution in [3.63, 3.8) is 0 Å². The molecule has 1 aromatic heterocycles. The molecule has 1 atom stereocenters. The smallest absolute Gasteiger partial charge is 0.255 e. The summed E-state index contributed by atoms with van der Waals surface area (Å²) in [7, 11) is 0. The fourth-order valence-corrected chi connectivity index (χ4v) is 2.14. The number of benzene rings is 1. The predicted molar refractivity (Wildman–Crippen MR) is 76.6 cm³/mol. The summed E-state index contributed by atoms with van der Waals surface area (Å²) in [6.07, 6.45) is 2.78. The largest absolute Gasteiger partial charge is 0.469 e. The molecule has 106 valence electrons. The van der Waals surface area contributed by atoms with Gasteiger partial charge in [0.25, 0.3) is 5.91 Å². The molecule has 1 amide bonds. The van der Waals surface area contributed by atoms with Crippen molar-refractivity contribution in [2.75, 3.05) is 6.61 Å². The maximum Gasteiger partial charge on any atom is 0.255 e. The van der Waals surface area contributed by atoms with Crippen molar-refractivity contribution in [2.24, 2.45) is 0 Å². The van der Waals surface area contributed by atoms with Gasteiger partial charge in [0, 0.05) is 6.42 Å². The predicted octanol–water partition coefficient (Wildman–Crippen LogP) is 2.18. The van der Waals surface area contributed by atoms with Gasteiger partial charge in [-0.05, 0) is 18.1 Å². The Morgan fingerprint density at radius 1 is 1.30 bits per heavy atom. The molecule has 0 aliphatic carbocycles. The van der Waals surface area contributed by atoms with E-state index in [9.17, 15) is 9.90 Å². The molecule has 0 unspecified atom stereocenters. The zero-order chi connectivity index (χ0) is 14.4. The van der Waals surface area contributed by atoms with Gasteiger partial charge in [0.15, 0.2) is 0 Å². The maximum atomic E-state index is 12.2. The topological polar surface area (TPSA) is 62.5 Å². The van der Waals surface area contributed by atoms with E-state index >= 15 is 0 Å². The number of carbonyl (C=O) groups excluding carboxylic acids is 1. The van der Waals surface area contributed by atoms with Gasteiger partial charge in [-0.1, -0.05) is 37.3 Å². The Kier molecular flexibility index (Phi) is 4.96. The van der Waals surface area contributed by atoms with Crippen LogP contribution in [0, 0.1) is 0 Å². The Balaban J connectivity index is 2.01. The summed E-state index contributed by atoms with van der Waals surface area (Å²) in [5.41, 5.74) is 1.62. The van der Waals surface area contributed by atoms with Gasteiger partial charge in [-0.15, -0.1) is 0 Å². The van der Waals surface area contributed by atoms with E-state index < -0.39 is 0 Å². The van der Waals surface area contributed by atoms with Crippen LogP contribution >= 0.6 is 0 Å². The van der Waals surface area contributed by atoms with Crippen LogP contribution in [0.25, 0.3) is 0 Å². The van der Waals surface area contributed by atoms with Gasteiger partial charge in [-0.2, -0.15) is 0 Å². The van der Waals surface area contributed by atoms with Crippen LogP contribution in [0.4, 0.5) is 0 Å². The molecular formula is C16H19NO3. The molecule has 2 rings (SSSR count). The number of aryl methyl sites for hydroxylation is 1. The third kappa shape index (κ3) is 3.48. The molecule has 0 saturated carbocycles. The van der Waals surface area contributed by atoms with Gasteiger partial charge >= 0.3 is 0 Å². The van der Waals surface area contributed by atoms with E-state index in [-0.39, 0.29) is 18.6 Å². The molecule has 20 heavy (non-hydrogen) atoms. The summed E-state index contributed by atoms with van der Waals surface area (Å²) < 4.78 is 5.25. The molecule has 0 fully saturated rings. The van der Waals surface area contributed by atoms with Gasteiger partial charge in [0.2, 0.25) is 0 Å². The third-order valence-corrected chi connectivity index (χ3v) is 3.19. The molecule has 0 bridgehead atoms. The Hall–Kier alpha value is -2.07. The number of aliphatic hydroxyl groups is 1. The average molecular weight is 273 g/mol. The number of hydrogen-bond acceptors (Lipinski definition) is 3. The quantitative estimate of drug-likeness (QED) is 0.848. The minimum absolute atomic E-state index is 0.0973. The SMILES string of the molecule is CCc1occc1C(=O)N[C@H](CO)Cc1ccccc1. The molecule has 2 aromatic rings. The molecule has 1 aromatic carbocycles. The van der Waals surface area contributed by atoms with E-state index in [0.717, 1.165) is 5.56 Å². The van der Waals surface area contributed by atoms with Gasteiger partial charge in [-0.25, -0.2) is 0 Å². The van der Waals surface area contributed by atoms with E-state index in [1.807, 2.05) is 37.3 Å². The lowest BCUT2D eigenvalue weighted by molar-refractivity contribution is 0.0914. The molecule has 2 N–H and O–H groups in total. The molecular weight excluding hydrogens is 254 g/mol. The normalized spacial score (nSPS) is 12.1. The van der Waals surface area contributed by atoms with Crippen LogP contribution in [-0.2, 0) is 12.8 Å². The summed E-state index contributed by atoms with van der Waals surface area (Å²) in [5, 5.41) is 12.3. The van der Waals surface area contributed by atoms with E-state index in [1.54, 1.807) is 6.07 Å². The van der Waals surface area contributed by atoms with E-state index in [4.69, 9.17) is 4.42 Å². The second-order valence-electron chi connectivity index (χ2n) is 4.65. The molecule has 1 heterocycles. The van der Waals surface area contributed by atoms with Gasteiger partial charge in [-0.3, -0.25) is 4.79 Å². The first kappa shape index (κ1) is 14.3. The lowest BCUT2D eigenvalue weighted by atomic mass is 10.1. The summed E-state index contributed by atoms with van der Waals surface area (Å²) in [5.74, 6) is 0.462. The van der Waals surface area contributed by atoms with Crippen LogP contribution in [0.2, 0.25) is 0 Å². The number of hydrogen-bond donors (Lipinski definition) is 2. The van der Waals surface area contributed by atoms with Crippen LogP contribution in [-0.4, -0.2) is 23.7 Å². The summed E-state index contributed by atoms with van der Waals surface area (Å²) >= 11 is 0. The lowest BCUT2D eigenvalue weighted by Gasteiger charge is -2.16. The fraction of sp³-hybridized carbons (Fsp3) is 0.312. The first-order valence-corrected chi connectivity index (χ1v) is 6.76. The first-order valence-electron chi connectivity index (χ1n) is 6.76. The maximum absolute atomic E-state index is 12.2. The van der Waals surface area contributed by atoms with Crippen LogP contribution in [0.15, 0.2) is 47.1 Å². The van der Waals surface area contributed by atoms with E-state index in [0.29, 0.717) is 24.2 Å². The highest BCUT2D eigenvalue weighted by Gasteiger charge is 2.17. The Bertz CT molecular complexity index is 548. The minimum Gasteiger partial charge on any atom is -0.469 e. The van der Waals surface area contributed by atoms with Crippen molar-refractivity contribution in [3.05, 3.63) is 59.5 Å². The van der Waals surface area contributed by atoms with Crippen molar-refractivity contribution in [2.45, 2.75) is 25.8 Å². The number of furan rings is 1. The first-order chi connectivity index (χ1) is 9.74. The molecule has 0 aliphatic rings. The van der Waals surface area contributed by atoms with Crippen LogP contribution < -0.4 is 5.32 Å². The summed E-state index contributed by atoms with van der Waals surface area (Å²) in [4.78, 5) is 12.2. The highest BCUT2D eigenvalue weighted by molar-refractivity contribution is 5.95. The van der Waals surface area contributed by atoms with E-state index in [1.165, 1.54) is 6.26 Å². The second-order valence-corrected chi connectivity index (χ2v) is 4.65. The summed E-state index contributed by atoms with van der Waals surface area (Å²) in [6, 6.07) is 11.1. The number of aliphatic hydroxyl groups excluding tert-OH is 1. The van der Waals surface area contributed by atoms with Crippen molar-refractivity contribution < 1.29 is 14.3 Å². The summed E-state index contributed by atoms with van der Waals surface area (Å²) in [6.45, 7) is 1.84. The minimum atomic E-state index is -0.301. The lowest BCUT2D eigenvalue weighted by Crippen LogP contribution is -2.39. The number of nitrogens with one attached hydrogen (secondary N) is 1. The molecule has 4 heteroatoms. The van der Waals surface area contributed by atoms with Gasteiger partial charge in [0.1, 0.15) is 5.76 Å².